The second-order valence-electron chi connectivity index (χ2n) is 4.04. The van der Waals surface area contributed by atoms with Crippen LogP contribution in [0.5, 0.6) is 0 Å². The fourth-order valence-corrected chi connectivity index (χ4v) is 1.99. The maximum atomic E-state index is 5.43. The fraction of sp³-hybridized carbons (Fsp3) is 0.214. The standard InChI is InChI=1S/C14H16N4S/c1-2-18(11-12-5-8-15-9-6-12)14(19)17-13-4-3-7-16-10-13/h3-10H,2,11H2,1H3,(H,17,19). The van der Waals surface area contributed by atoms with Gasteiger partial charge in [0, 0.05) is 31.7 Å². The van der Waals surface area contributed by atoms with E-state index in [1.54, 1.807) is 24.8 Å². The summed E-state index contributed by atoms with van der Waals surface area (Å²) in [5, 5.41) is 3.89. The molecule has 0 unspecified atom stereocenters. The van der Waals surface area contributed by atoms with Crippen molar-refractivity contribution in [2.24, 2.45) is 0 Å². The Morgan fingerprint density at radius 2 is 2.00 bits per heavy atom. The predicted octanol–water partition coefficient (Wildman–Crippen LogP) is 2.70. The van der Waals surface area contributed by atoms with E-state index in [9.17, 15) is 0 Å². The van der Waals surface area contributed by atoms with Crippen molar-refractivity contribution in [3.05, 3.63) is 54.6 Å². The molecule has 98 valence electrons. The number of pyridine rings is 2. The zero-order valence-electron chi connectivity index (χ0n) is 10.8. The Labute approximate surface area is 118 Å². The van der Waals surface area contributed by atoms with Crippen LogP contribution in [-0.4, -0.2) is 26.5 Å². The van der Waals surface area contributed by atoms with Gasteiger partial charge in [-0.2, -0.15) is 0 Å². The molecule has 2 rings (SSSR count). The maximum Gasteiger partial charge on any atom is 0.173 e. The third-order valence-electron chi connectivity index (χ3n) is 2.70. The summed E-state index contributed by atoms with van der Waals surface area (Å²) in [6, 6.07) is 7.81. The monoisotopic (exact) mass is 272 g/mol. The average molecular weight is 272 g/mol. The number of rotatable bonds is 4. The van der Waals surface area contributed by atoms with E-state index in [1.165, 1.54) is 5.56 Å². The number of aromatic nitrogens is 2. The Kier molecular flexibility index (Phi) is 4.80. The molecule has 2 aromatic rings. The van der Waals surface area contributed by atoms with E-state index in [1.807, 2.05) is 24.3 Å². The number of thiocarbonyl (C=S) groups is 1. The van der Waals surface area contributed by atoms with Gasteiger partial charge in [0.1, 0.15) is 0 Å². The minimum absolute atomic E-state index is 0.701. The zero-order valence-corrected chi connectivity index (χ0v) is 11.6. The van der Waals surface area contributed by atoms with Crippen molar-refractivity contribution < 1.29 is 0 Å². The highest BCUT2D eigenvalue weighted by Gasteiger charge is 2.08. The Bertz CT molecular complexity index is 515. The van der Waals surface area contributed by atoms with Gasteiger partial charge in [-0.1, -0.05) is 0 Å². The van der Waals surface area contributed by atoms with Crippen molar-refractivity contribution in [3.8, 4) is 0 Å². The first kappa shape index (κ1) is 13.4. The topological polar surface area (TPSA) is 41.1 Å². The highest BCUT2D eigenvalue weighted by atomic mass is 32.1. The molecule has 0 aliphatic carbocycles. The summed E-state index contributed by atoms with van der Waals surface area (Å²) >= 11 is 5.43. The van der Waals surface area contributed by atoms with Crippen LogP contribution in [0.2, 0.25) is 0 Å². The summed E-state index contributed by atoms with van der Waals surface area (Å²) in [6.45, 7) is 3.69. The van der Waals surface area contributed by atoms with Crippen LogP contribution in [0.15, 0.2) is 49.1 Å². The number of nitrogens with zero attached hydrogens (tertiary/aromatic N) is 3. The molecule has 0 aliphatic heterocycles. The molecule has 4 nitrogen and oxygen atoms in total. The van der Waals surface area contributed by atoms with Crippen LogP contribution in [0.25, 0.3) is 0 Å². The first-order chi connectivity index (χ1) is 9.29. The molecular weight excluding hydrogens is 256 g/mol. The fourth-order valence-electron chi connectivity index (χ4n) is 1.68. The second-order valence-corrected chi connectivity index (χ2v) is 4.43. The van der Waals surface area contributed by atoms with Crippen LogP contribution in [0.4, 0.5) is 5.69 Å². The average Bonchev–Trinajstić information content (AvgIpc) is 2.47. The third kappa shape index (κ3) is 3.99. The Hall–Kier alpha value is -2.01. The second kappa shape index (κ2) is 6.80. The predicted molar refractivity (Wildman–Crippen MR) is 80.8 cm³/mol. The summed E-state index contributed by atoms with van der Waals surface area (Å²) < 4.78 is 0. The van der Waals surface area contributed by atoms with Crippen LogP contribution < -0.4 is 5.32 Å². The van der Waals surface area contributed by atoms with E-state index in [0.29, 0.717) is 5.11 Å². The SMILES string of the molecule is CCN(Cc1ccncc1)C(=S)Nc1cccnc1. The van der Waals surface area contributed by atoms with Gasteiger partial charge in [-0.3, -0.25) is 9.97 Å². The molecule has 0 aromatic carbocycles. The lowest BCUT2D eigenvalue weighted by Gasteiger charge is -2.24. The molecule has 1 N–H and O–H groups in total. The number of nitrogens with one attached hydrogen (secondary N) is 1. The number of hydrogen-bond donors (Lipinski definition) is 1. The van der Waals surface area contributed by atoms with Gasteiger partial charge in [0.2, 0.25) is 0 Å². The summed E-state index contributed by atoms with van der Waals surface area (Å²) in [6.07, 6.45) is 7.08. The van der Waals surface area contributed by atoms with E-state index in [0.717, 1.165) is 18.8 Å². The van der Waals surface area contributed by atoms with E-state index in [-0.39, 0.29) is 0 Å². The van der Waals surface area contributed by atoms with E-state index >= 15 is 0 Å². The van der Waals surface area contributed by atoms with Gasteiger partial charge in [0.15, 0.2) is 5.11 Å². The number of hydrogen-bond acceptors (Lipinski definition) is 3. The normalized spacial score (nSPS) is 9.95. The minimum Gasteiger partial charge on any atom is -0.345 e. The van der Waals surface area contributed by atoms with Crippen LogP contribution >= 0.6 is 12.2 Å². The lowest BCUT2D eigenvalue weighted by Crippen LogP contribution is -2.34. The van der Waals surface area contributed by atoms with Crippen molar-refractivity contribution >= 4 is 23.0 Å². The molecule has 0 fully saturated rings. The van der Waals surface area contributed by atoms with E-state index < -0.39 is 0 Å². The molecule has 2 aromatic heterocycles. The van der Waals surface area contributed by atoms with Gasteiger partial charge >= 0.3 is 0 Å². The molecular formula is C14H16N4S. The summed E-state index contributed by atoms with van der Waals surface area (Å²) in [7, 11) is 0. The van der Waals surface area contributed by atoms with Crippen molar-refractivity contribution in [2.75, 3.05) is 11.9 Å². The van der Waals surface area contributed by atoms with Gasteiger partial charge in [0.25, 0.3) is 0 Å². The van der Waals surface area contributed by atoms with Crippen LogP contribution in [0.3, 0.4) is 0 Å². The molecule has 5 heteroatoms. The molecule has 0 spiro atoms. The Morgan fingerprint density at radius 3 is 2.63 bits per heavy atom. The quantitative estimate of drug-likeness (QED) is 0.867. The molecule has 2 heterocycles. The largest absolute Gasteiger partial charge is 0.345 e. The molecule has 0 atom stereocenters. The summed E-state index contributed by atoms with van der Waals surface area (Å²) in [5.74, 6) is 0. The highest BCUT2D eigenvalue weighted by Crippen LogP contribution is 2.08. The molecule has 0 amide bonds. The molecule has 0 bridgehead atoms. The van der Waals surface area contributed by atoms with Crippen LogP contribution in [-0.2, 0) is 6.54 Å². The maximum absolute atomic E-state index is 5.43. The lowest BCUT2D eigenvalue weighted by molar-refractivity contribution is 0.442. The third-order valence-corrected chi connectivity index (χ3v) is 3.06. The molecule has 0 saturated carbocycles. The van der Waals surface area contributed by atoms with Crippen molar-refractivity contribution in [1.29, 1.82) is 0 Å². The molecule has 0 saturated heterocycles. The summed E-state index contributed by atoms with van der Waals surface area (Å²) in [4.78, 5) is 10.2. The van der Waals surface area contributed by atoms with Crippen LogP contribution in [0, 0.1) is 0 Å². The summed E-state index contributed by atoms with van der Waals surface area (Å²) in [5.41, 5.74) is 2.09. The first-order valence-corrected chi connectivity index (χ1v) is 6.55. The van der Waals surface area contributed by atoms with Crippen molar-refractivity contribution in [1.82, 2.24) is 14.9 Å². The van der Waals surface area contributed by atoms with E-state index in [2.05, 4.69) is 27.1 Å². The molecule has 0 radical (unpaired) electrons. The van der Waals surface area contributed by atoms with Crippen molar-refractivity contribution in [3.63, 3.8) is 0 Å². The first-order valence-electron chi connectivity index (χ1n) is 6.14. The van der Waals surface area contributed by atoms with E-state index in [4.69, 9.17) is 12.2 Å². The van der Waals surface area contributed by atoms with Crippen molar-refractivity contribution in [2.45, 2.75) is 13.5 Å². The highest BCUT2D eigenvalue weighted by molar-refractivity contribution is 7.80. The Balaban J connectivity index is 2.00. The number of anilines is 1. The molecule has 19 heavy (non-hydrogen) atoms. The minimum atomic E-state index is 0.701. The van der Waals surface area contributed by atoms with Crippen LogP contribution in [0.1, 0.15) is 12.5 Å². The smallest absolute Gasteiger partial charge is 0.173 e. The molecule has 0 aliphatic rings. The van der Waals surface area contributed by atoms with Gasteiger partial charge in [-0.25, -0.2) is 0 Å². The zero-order chi connectivity index (χ0) is 13.5. The van der Waals surface area contributed by atoms with Gasteiger partial charge in [0.05, 0.1) is 11.9 Å². The van der Waals surface area contributed by atoms with Gasteiger partial charge in [-0.05, 0) is 49.0 Å². The van der Waals surface area contributed by atoms with Gasteiger partial charge in [-0.15, -0.1) is 0 Å². The van der Waals surface area contributed by atoms with Gasteiger partial charge < -0.3 is 10.2 Å². The Morgan fingerprint density at radius 1 is 1.21 bits per heavy atom. The lowest BCUT2D eigenvalue weighted by atomic mass is 10.2.